The van der Waals surface area contributed by atoms with Crippen molar-refractivity contribution < 1.29 is 0 Å². The fourth-order valence-electron chi connectivity index (χ4n) is 3.27. The summed E-state index contributed by atoms with van der Waals surface area (Å²) in [5.74, 6) is 2.57. The second-order valence-corrected chi connectivity index (χ2v) is 6.84. The fourth-order valence-corrected chi connectivity index (χ4v) is 3.27. The zero-order chi connectivity index (χ0) is 16.1. The van der Waals surface area contributed by atoms with Crippen molar-refractivity contribution in [2.45, 2.75) is 24.8 Å². The van der Waals surface area contributed by atoms with Crippen molar-refractivity contribution in [1.29, 1.82) is 0 Å². The van der Waals surface area contributed by atoms with Crippen molar-refractivity contribution in [3.05, 3.63) is 42.1 Å². The molecule has 1 aliphatic carbocycles. The largest absolute Gasteiger partial charge is 0.351 e. The first-order chi connectivity index (χ1) is 11.8. The lowest BCUT2D eigenvalue weighted by Gasteiger charge is -2.44. The number of likely N-dealkylation sites (N-methyl/N-ethyl adjacent to an activating group) is 1. The molecule has 0 amide bonds. The van der Waals surface area contributed by atoms with Gasteiger partial charge in [0.2, 0.25) is 5.95 Å². The molecule has 2 aromatic heterocycles. The van der Waals surface area contributed by atoms with Crippen molar-refractivity contribution >= 4 is 22.8 Å². The van der Waals surface area contributed by atoms with Crippen molar-refractivity contribution in [1.82, 2.24) is 20.2 Å². The monoisotopic (exact) mass is 320 g/mol. The molecule has 3 aromatic rings. The molecule has 6 nitrogen and oxygen atoms in total. The Balaban J connectivity index is 1.26. The summed E-state index contributed by atoms with van der Waals surface area (Å²) in [6.45, 7) is 1.90. The Hall–Kier alpha value is -2.63. The average molecular weight is 320 g/mol. The van der Waals surface area contributed by atoms with Crippen LogP contribution in [0.3, 0.4) is 0 Å². The molecule has 0 radical (unpaired) electrons. The minimum Gasteiger partial charge on any atom is -0.351 e. The maximum absolute atomic E-state index is 4.68. The van der Waals surface area contributed by atoms with Gasteiger partial charge in [0, 0.05) is 26.1 Å². The lowest BCUT2D eigenvalue weighted by atomic mass is 10.1. The molecule has 24 heavy (non-hydrogen) atoms. The van der Waals surface area contributed by atoms with E-state index in [1.54, 1.807) is 0 Å². The van der Waals surface area contributed by atoms with Gasteiger partial charge in [-0.1, -0.05) is 12.1 Å². The summed E-state index contributed by atoms with van der Waals surface area (Å²) in [6, 6.07) is 12.8. The number of hydrogen-bond acceptors (Lipinski definition) is 5. The van der Waals surface area contributed by atoms with E-state index >= 15 is 0 Å². The number of benzene rings is 1. The molecule has 0 spiro atoms. The zero-order valence-electron chi connectivity index (χ0n) is 13.7. The van der Waals surface area contributed by atoms with E-state index in [2.05, 4.69) is 55.2 Å². The van der Waals surface area contributed by atoms with Crippen LogP contribution in [0.2, 0.25) is 0 Å². The maximum Gasteiger partial charge on any atom is 0.203 e. The van der Waals surface area contributed by atoms with Crippen molar-refractivity contribution in [2.24, 2.45) is 0 Å². The first-order valence-corrected chi connectivity index (χ1v) is 8.54. The third kappa shape index (κ3) is 2.29. The predicted octanol–water partition coefficient (Wildman–Crippen LogP) is 2.56. The molecule has 1 saturated heterocycles. The maximum atomic E-state index is 4.68. The van der Waals surface area contributed by atoms with Crippen LogP contribution in [0.4, 0.5) is 11.8 Å². The van der Waals surface area contributed by atoms with Gasteiger partial charge in [-0.25, -0.2) is 4.98 Å². The van der Waals surface area contributed by atoms with Crippen LogP contribution in [0.1, 0.15) is 24.5 Å². The van der Waals surface area contributed by atoms with Gasteiger partial charge in [0.25, 0.3) is 0 Å². The molecule has 5 rings (SSSR count). The van der Waals surface area contributed by atoms with Gasteiger partial charge < -0.3 is 14.8 Å². The van der Waals surface area contributed by atoms with Gasteiger partial charge in [-0.15, -0.1) is 5.10 Å². The Morgan fingerprint density at radius 1 is 1.08 bits per heavy atom. The average Bonchev–Trinajstić information content (AvgIpc) is 3.32. The topological polar surface area (TPSA) is 60.9 Å². The van der Waals surface area contributed by atoms with Gasteiger partial charge in [0.1, 0.15) is 0 Å². The SMILES string of the molecule is CN(c1nc2ccccc2[nH]1)C1CN(c2ccc(C3CC3)nn2)C1. The summed E-state index contributed by atoms with van der Waals surface area (Å²) in [7, 11) is 2.10. The molecule has 1 aromatic carbocycles. The Morgan fingerprint density at radius 2 is 1.92 bits per heavy atom. The highest BCUT2D eigenvalue weighted by Gasteiger charge is 2.33. The molecule has 0 bridgehead atoms. The van der Waals surface area contributed by atoms with E-state index < -0.39 is 0 Å². The zero-order valence-corrected chi connectivity index (χ0v) is 13.7. The van der Waals surface area contributed by atoms with Crippen molar-refractivity contribution in [3.8, 4) is 0 Å². The van der Waals surface area contributed by atoms with E-state index in [1.807, 2.05) is 18.2 Å². The summed E-state index contributed by atoms with van der Waals surface area (Å²) in [5, 5.41) is 8.77. The minimum atomic E-state index is 0.440. The van der Waals surface area contributed by atoms with Crippen LogP contribution in [0.5, 0.6) is 0 Å². The molecule has 3 heterocycles. The Kier molecular flexibility index (Phi) is 2.98. The summed E-state index contributed by atoms with van der Waals surface area (Å²) in [5.41, 5.74) is 3.24. The van der Waals surface area contributed by atoms with E-state index in [9.17, 15) is 0 Å². The van der Waals surface area contributed by atoms with Crippen molar-refractivity contribution in [3.63, 3.8) is 0 Å². The Bertz CT molecular complexity index is 828. The van der Waals surface area contributed by atoms with E-state index in [4.69, 9.17) is 0 Å². The molecular weight excluding hydrogens is 300 g/mol. The third-order valence-corrected chi connectivity index (χ3v) is 5.11. The van der Waals surface area contributed by atoms with E-state index in [0.29, 0.717) is 12.0 Å². The number of nitrogens with one attached hydrogen (secondary N) is 1. The fraction of sp³-hybridized carbons (Fsp3) is 0.389. The van der Waals surface area contributed by atoms with Crippen LogP contribution in [0, 0.1) is 0 Å². The summed E-state index contributed by atoms with van der Waals surface area (Å²) < 4.78 is 0. The smallest absolute Gasteiger partial charge is 0.203 e. The number of fused-ring (bicyclic) bond motifs is 1. The van der Waals surface area contributed by atoms with E-state index in [1.165, 1.54) is 12.8 Å². The number of H-pyrrole nitrogens is 1. The standard InChI is InChI=1S/C18H20N6/c1-23(18-19-15-4-2-3-5-16(15)20-18)13-10-24(11-13)17-9-8-14(21-22-17)12-6-7-12/h2-5,8-9,12-13H,6-7,10-11H2,1H3,(H,19,20). The molecule has 1 saturated carbocycles. The predicted molar refractivity (Wildman–Crippen MR) is 94.5 cm³/mol. The molecule has 1 aliphatic heterocycles. The number of aromatic nitrogens is 4. The third-order valence-electron chi connectivity index (χ3n) is 5.11. The quantitative estimate of drug-likeness (QED) is 0.800. The van der Waals surface area contributed by atoms with E-state index in [-0.39, 0.29) is 0 Å². The summed E-state index contributed by atoms with van der Waals surface area (Å²) >= 11 is 0. The van der Waals surface area contributed by atoms with E-state index in [0.717, 1.165) is 41.6 Å². The molecule has 0 atom stereocenters. The molecular formula is C18H20N6. The van der Waals surface area contributed by atoms with Crippen LogP contribution in [0.15, 0.2) is 36.4 Å². The van der Waals surface area contributed by atoms with Crippen LogP contribution < -0.4 is 9.80 Å². The molecule has 2 aliphatic rings. The number of para-hydroxylation sites is 2. The second-order valence-electron chi connectivity index (χ2n) is 6.84. The number of anilines is 2. The van der Waals surface area contributed by atoms with Gasteiger partial charge in [-0.3, -0.25) is 0 Å². The van der Waals surface area contributed by atoms with Gasteiger partial charge in [-0.2, -0.15) is 5.10 Å². The Labute approximate surface area is 140 Å². The van der Waals surface area contributed by atoms with Gasteiger partial charge in [-0.05, 0) is 37.1 Å². The normalized spacial score (nSPS) is 18.0. The number of nitrogens with zero attached hydrogens (tertiary/aromatic N) is 5. The Morgan fingerprint density at radius 3 is 2.62 bits per heavy atom. The number of rotatable bonds is 4. The minimum absolute atomic E-state index is 0.440. The number of imidazole rings is 1. The van der Waals surface area contributed by atoms with Crippen LogP contribution in [0.25, 0.3) is 11.0 Å². The highest BCUT2D eigenvalue weighted by atomic mass is 15.4. The first kappa shape index (κ1) is 13.8. The lowest BCUT2D eigenvalue weighted by molar-refractivity contribution is 0.485. The van der Waals surface area contributed by atoms with Crippen LogP contribution >= 0.6 is 0 Å². The van der Waals surface area contributed by atoms with Gasteiger partial charge in [0.05, 0.1) is 22.8 Å². The van der Waals surface area contributed by atoms with Crippen molar-refractivity contribution in [2.75, 3.05) is 29.9 Å². The van der Waals surface area contributed by atoms with Gasteiger partial charge in [0.15, 0.2) is 5.82 Å². The molecule has 6 heteroatoms. The molecule has 2 fully saturated rings. The highest BCUT2D eigenvalue weighted by molar-refractivity contribution is 5.77. The number of aromatic amines is 1. The lowest BCUT2D eigenvalue weighted by Crippen LogP contribution is -2.59. The highest BCUT2D eigenvalue weighted by Crippen LogP contribution is 2.39. The first-order valence-electron chi connectivity index (χ1n) is 8.54. The van der Waals surface area contributed by atoms with Gasteiger partial charge >= 0.3 is 0 Å². The van der Waals surface area contributed by atoms with Crippen LogP contribution in [-0.4, -0.2) is 46.3 Å². The van der Waals surface area contributed by atoms with Crippen LogP contribution in [-0.2, 0) is 0 Å². The number of hydrogen-bond donors (Lipinski definition) is 1. The molecule has 122 valence electrons. The summed E-state index contributed by atoms with van der Waals surface area (Å²) in [6.07, 6.45) is 2.53. The second kappa shape index (κ2) is 5.19. The molecule has 1 N–H and O–H groups in total. The molecule has 0 unspecified atom stereocenters. The summed E-state index contributed by atoms with van der Waals surface area (Å²) in [4.78, 5) is 12.6.